The van der Waals surface area contributed by atoms with Crippen LogP contribution in [0.4, 0.5) is 5.13 Å². The largest absolute Gasteiger partial charge is 0.302 e. The Morgan fingerprint density at radius 1 is 1.07 bits per heavy atom. The molecule has 30 heavy (non-hydrogen) atoms. The van der Waals surface area contributed by atoms with E-state index in [1.807, 2.05) is 53.9 Å². The molecule has 0 aliphatic carbocycles. The molecular formula is C22H19ClN4O2S. The number of aromatic nitrogens is 1. The summed E-state index contributed by atoms with van der Waals surface area (Å²) in [6, 6.07) is 17.2. The maximum Gasteiger partial charge on any atom is 0.243 e. The Bertz CT molecular complexity index is 1100. The number of nitrogens with one attached hydrogen (secondary N) is 1. The van der Waals surface area contributed by atoms with Crippen molar-refractivity contribution >= 4 is 45.6 Å². The fourth-order valence-corrected chi connectivity index (χ4v) is 4.08. The molecule has 0 atom stereocenters. The van der Waals surface area contributed by atoms with Gasteiger partial charge >= 0.3 is 0 Å². The molecule has 0 spiro atoms. The van der Waals surface area contributed by atoms with Crippen LogP contribution in [0.5, 0.6) is 0 Å². The average Bonchev–Trinajstić information content (AvgIpc) is 3.43. The molecule has 1 N–H and O–H groups in total. The van der Waals surface area contributed by atoms with Gasteiger partial charge in [-0.25, -0.2) is 9.99 Å². The normalized spacial score (nSPS) is 13.2. The van der Waals surface area contributed by atoms with Crippen molar-refractivity contribution in [2.45, 2.75) is 19.3 Å². The molecule has 0 fully saturated rings. The zero-order chi connectivity index (χ0) is 20.9. The number of amides is 2. The van der Waals surface area contributed by atoms with Crippen LogP contribution in [0.25, 0.3) is 11.3 Å². The van der Waals surface area contributed by atoms with E-state index in [-0.39, 0.29) is 24.7 Å². The SMILES string of the molecule is O=C(CCC(=O)N1CCC(c2ccccc2)=N1)Nc1nc(-c2ccccc2Cl)cs1. The zero-order valence-corrected chi connectivity index (χ0v) is 17.6. The number of nitrogens with zero attached hydrogens (tertiary/aromatic N) is 3. The van der Waals surface area contributed by atoms with Gasteiger partial charge in [-0.05, 0) is 11.6 Å². The Kier molecular flexibility index (Phi) is 6.21. The van der Waals surface area contributed by atoms with Crippen LogP contribution in [0.1, 0.15) is 24.8 Å². The maximum absolute atomic E-state index is 12.4. The highest BCUT2D eigenvalue weighted by Gasteiger charge is 2.22. The van der Waals surface area contributed by atoms with Crippen molar-refractivity contribution in [2.75, 3.05) is 11.9 Å². The van der Waals surface area contributed by atoms with Crippen LogP contribution in [0, 0.1) is 0 Å². The third-order valence-electron chi connectivity index (χ3n) is 4.66. The fourth-order valence-electron chi connectivity index (χ4n) is 3.13. The van der Waals surface area contributed by atoms with Crippen LogP contribution in [0.15, 0.2) is 65.1 Å². The first-order valence-electron chi connectivity index (χ1n) is 9.54. The van der Waals surface area contributed by atoms with Gasteiger partial charge in [0.25, 0.3) is 0 Å². The number of hydrogen-bond acceptors (Lipinski definition) is 5. The molecule has 6 nitrogen and oxygen atoms in total. The van der Waals surface area contributed by atoms with Gasteiger partial charge in [0.1, 0.15) is 0 Å². The molecule has 0 radical (unpaired) electrons. The first-order valence-corrected chi connectivity index (χ1v) is 10.8. The molecule has 0 saturated carbocycles. The number of hydrazone groups is 1. The summed E-state index contributed by atoms with van der Waals surface area (Å²) >= 11 is 7.51. The van der Waals surface area contributed by atoms with Crippen molar-refractivity contribution in [1.82, 2.24) is 9.99 Å². The van der Waals surface area contributed by atoms with Crippen LogP contribution >= 0.6 is 22.9 Å². The molecule has 3 aromatic rings. The van der Waals surface area contributed by atoms with Gasteiger partial charge in [-0.3, -0.25) is 9.59 Å². The highest BCUT2D eigenvalue weighted by atomic mass is 35.5. The molecule has 1 aliphatic rings. The lowest BCUT2D eigenvalue weighted by Crippen LogP contribution is -2.24. The summed E-state index contributed by atoms with van der Waals surface area (Å²) in [4.78, 5) is 29.1. The highest BCUT2D eigenvalue weighted by molar-refractivity contribution is 7.14. The lowest BCUT2D eigenvalue weighted by atomic mass is 10.1. The van der Waals surface area contributed by atoms with E-state index in [0.29, 0.717) is 28.8 Å². The van der Waals surface area contributed by atoms with Gasteiger partial charge in [-0.15, -0.1) is 11.3 Å². The minimum Gasteiger partial charge on any atom is -0.302 e. The highest BCUT2D eigenvalue weighted by Crippen LogP contribution is 2.30. The topological polar surface area (TPSA) is 74.7 Å². The van der Waals surface area contributed by atoms with E-state index >= 15 is 0 Å². The summed E-state index contributed by atoms with van der Waals surface area (Å²) in [7, 11) is 0. The first kappa shape index (κ1) is 20.3. The number of anilines is 1. The lowest BCUT2D eigenvalue weighted by molar-refractivity contribution is -0.132. The van der Waals surface area contributed by atoms with Crippen molar-refractivity contribution in [1.29, 1.82) is 0 Å². The summed E-state index contributed by atoms with van der Waals surface area (Å²) in [6.45, 7) is 0.540. The lowest BCUT2D eigenvalue weighted by Gasteiger charge is -2.10. The van der Waals surface area contributed by atoms with E-state index in [9.17, 15) is 9.59 Å². The Morgan fingerprint density at radius 2 is 1.83 bits per heavy atom. The zero-order valence-electron chi connectivity index (χ0n) is 16.0. The smallest absolute Gasteiger partial charge is 0.243 e. The summed E-state index contributed by atoms with van der Waals surface area (Å²) in [5, 5.41) is 11.5. The average molecular weight is 439 g/mol. The Hall–Kier alpha value is -3.03. The standard InChI is InChI=1S/C22H19ClN4O2S/c23-17-9-5-4-8-16(17)19-14-30-22(24-19)25-20(28)10-11-21(29)27-13-12-18(26-27)15-6-2-1-3-7-15/h1-9,14H,10-13H2,(H,24,25,28). The van der Waals surface area contributed by atoms with Crippen molar-refractivity contribution in [2.24, 2.45) is 5.10 Å². The molecule has 8 heteroatoms. The van der Waals surface area contributed by atoms with E-state index in [2.05, 4.69) is 15.4 Å². The second kappa shape index (κ2) is 9.19. The molecule has 152 valence electrons. The predicted octanol–water partition coefficient (Wildman–Crippen LogP) is 4.82. The van der Waals surface area contributed by atoms with Crippen LogP contribution in [0.2, 0.25) is 5.02 Å². The number of halogens is 1. The van der Waals surface area contributed by atoms with E-state index < -0.39 is 0 Å². The first-order chi connectivity index (χ1) is 14.6. The fraction of sp³-hybridized carbons (Fsp3) is 0.182. The van der Waals surface area contributed by atoms with Crippen LogP contribution in [0.3, 0.4) is 0 Å². The maximum atomic E-state index is 12.4. The van der Waals surface area contributed by atoms with Gasteiger partial charge in [-0.2, -0.15) is 5.10 Å². The Morgan fingerprint density at radius 3 is 2.63 bits per heavy atom. The van der Waals surface area contributed by atoms with E-state index in [4.69, 9.17) is 11.6 Å². The van der Waals surface area contributed by atoms with E-state index in [1.54, 1.807) is 6.07 Å². The van der Waals surface area contributed by atoms with Gasteiger partial charge < -0.3 is 5.32 Å². The van der Waals surface area contributed by atoms with Gasteiger partial charge in [0, 0.05) is 35.2 Å². The molecule has 0 bridgehead atoms. The van der Waals surface area contributed by atoms with Crippen LogP contribution in [-0.2, 0) is 9.59 Å². The van der Waals surface area contributed by atoms with Crippen molar-refractivity contribution < 1.29 is 9.59 Å². The summed E-state index contributed by atoms with van der Waals surface area (Å²) in [5.74, 6) is -0.415. The van der Waals surface area contributed by atoms with Gasteiger partial charge in [0.15, 0.2) is 5.13 Å². The second-order valence-electron chi connectivity index (χ2n) is 6.75. The van der Waals surface area contributed by atoms with Crippen LogP contribution < -0.4 is 5.32 Å². The predicted molar refractivity (Wildman–Crippen MR) is 120 cm³/mol. The summed E-state index contributed by atoms with van der Waals surface area (Å²) in [5.41, 5.74) is 3.43. The molecule has 2 aromatic carbocycles. The Balaban J connectivity index is 1.30. The molecule has 2 heterocycles. The second-order valence-corrected chi connectivity index (χ2v) is 8.01. The number of benzene rings is 2. The molecule has 4 rings (SSSR count). The van der Waals surface area contributed by atoms with E-state index in [1.165, 1.54) is 16.3 Å². The minimum atomic E-state index is -0.255. The third-order valence-corrected chi connectivity index (χ3v) is 5.75. The number of thiazole rings is 1. The van der Waals surface area contributed by atoms with Crippen molar-refractivity contribution in [3.8, 4) is 11.3 Å². The monoisotopic (exact) mass is 438 g/mol. The van der Waals surface area contributed by atoms with Gasteiger partial charge in [-0.1, -0.05) is 60.1 Å². The summed E-state index contributed by atoms with van der Waals surface area (Å²) in [6.07, 6.45) is 0.887. The van der Waals surface area contributed by atoms with Crippen molar-refractivity contribution in [3.05, 3.63) is 70.6 Å². The third kappa shape index (κ3) is 4.75. The Labute approximate surface area is 183 Å². The number of carbonyl (C=O) groups excluding carboxylic acids is 2. The van der Waals surface area contributed by atoms with Gasteiger partial charge in [0.2, 0.25) is 11.8 Å². The number of carbonyl (C=O) groups is 2. The number of hydrogen-bond donors (Lipinski definition) is 1. The van der Waals surface area contributed by atoms with Crippen LogP contribution in [-0.4, -0.2) is 34.1 Å². The molecule has 1 aliphatic heterocycles. The van der Waals surface area contributed by atoms with E-state index in [0.717, 1.165) is 16.8 Å². The number of rotatable bonds is 6. The molecule has 0 unspecified atom stereocenters. The summed E-state index contributed by atoms with van der Waals surface area (Å²) < 4.78 is 0. The molecule has 1 aromatic heterocycles. The quantitative estimate of drug-likeness (QED) is 0.599. The van der Waals surface area contributed by atoms with Gasteiger partial charge in [0.05, 0.1) is 18.0 Å². The molecular weight excluding hydrogens is 420 g/mol. The van der Waals surface area contributed by atoms with Crippen molar-refractivity contribution in [3.63, 3.8) is 0 Å². The molecule has 2 amide bonds. The minimum absolute atomic E-state index is 0.0759. The molecule has 0 saturated heterocycles.